The third kappa shape index (κ3) is 4.22. The van der Waals surface area contributed by atoms with E-state index in [0.717, 1.165) is 29.2 Å². The first kappa shape index (κ1) is 21.9. The van der Waals surface area contributed by atoms with Crippen molar-refractivity contribution >= 4 is 11.8 Å². The number of rotatable bonds is 5. The molecular weight excluding hydrogens is 406 g/mol. The van der Waals surface area contributed by atoms with Gasteiger partial charge in [0, 0.05) is 23.4 Å². The average molecular weight is 436 g/mol. The predicted octanol–water partition coefficient (Wildman–Crippen LogP) is 4.94. The molecular formula is C26H29NO5. The number of benzene rings is 1. The fourth-order valence-corrected chi connectivity index (χ4v) is 4.55. The summed E-state index contributed by atoms with van der Waals surface area (Å²) in [5, 5.41) is 3.33. The standard InChI is InChI=1S/C26H29NO5/c1-15-6-11-21(32-15)24-22(25(29)31-14-17-7-9-18(30-5)10-8-17)16(2)27-19-12-26(3,4)13-20(28)23(19)24/h6-11,24,27H,12-14H2,1-5H3/t24-/m1/s1. The molecule has 6 nitrogen and oxygen atoms in total. The second kappa shape index (κ2) is 8.34. The second-order valence-corrected chi connectivity index (χ2v) is 9.30. The summed E-state index contributed by atoms with van der Waals surface area (Å²) < 4.78 is 16.8. The molecule has 1 aromatic heterocycles. The third-order valence-electron chi connectivity index (χ3n) is 6.03. The molecule has 0 amide bonds. The Bertz CT molecular complexity index is 1120. The van der Waals surface area contributed by atoms with Crippen LogP contribution in [0.15, 0.2) is 63.4 Å². The molecule has 1 aliphatic heterocycles. The highest BCUT2D eigenvalue weighted by atomic mass is 16.5. The summed E-state index contributed by atoms with van der Waals surface area (Å²) in [7, 11) is 1.60. The van der Waals surface area contributed by atoms with E-state index >= 15 is 0 Å². The van der Waals surface area contributed by atoms with Crippen LogP contribution in [0.5, 0.6) is 5.75 Å². The van der Waals surface area contributed by atoms with Crippen LogP contribution in [0.1, 0.15) is 56.6 Å². The molecule has 0 fully saturated rings. The van der Waals surface area contributed by atoms with Crippen molar-refractivity contribution < 1.29 is 23.5 Å². The Morgan fingerprint density at radius 1 is 1.12 bits per heavy atom. The topological polar surface area (TPSA) is 77.8 Å². The number of ketones is 1. The highest BCUT2D eigenvalue weighted by Gasteiger charge is 2.44. The van der Waals surface area contributed by atoms with E-state index in [1.807, 2.05) is 50.2 Å². The molecule has 1 aliphatic carbocycles. The third-order valence-corrected chi connectivity index (χ3v) is 6.03. The van der Waals surface area contributed by atoms with Gasteiger partial charge < -0.3 is 19.2 Å². The molecule has 1 N–H and O–H groups in total. The van der Waals surface area contributed by atoms with Gasteiger partial charge in [-0.25, -0.2) is 4.79 Å². The molecule has 0 saturated carbocycles. The van der Waals surface area contributed by atoms with E-state index in [0.29, 0.717) is 29.0 Å². The Hall–Kier alpha value is -3.28. The van der Waals surface area contributed by atoms with Crippen LogP contribution in [0.2, 0.25) is 0 Å². The zero-order valence-electron chi connectivity index (χ0n) is 19.2. The van der Waals surface area contributed by atoms with Crippen molar-refractivity contribution in [3.63, 3.8) is 0 Å². The molecule has 32 heavy (non-hydrogen) atoms. The lowest BCUT2D eigenvalue weighted by Crippen LogP contribution is -2.38. The molecule has 1 aromatic carbocycles. The van der Waals surface area contributed by atoms with Crippen molar-refractivity contribution in [1.82, 2.24) is 5.32 Å². The SMILES string of the molecule is COc1ccc(COC(=O)C2=C(C)NC3=C(C(=O)CC(C)(C)C3)[C@@H]2c2ccc(C)o2)cc1. The number of ether oxygens (including phenoxy) is 2. The summed E-state index contributed by atoms with van der Waals surface area (Å²) in [5.41, 5.74) is 3.30. The summed E-state index contributed by atoms with van der Waals surface area (Å²) in [5.74, 6) is 1.05. The Labute approximate surface area is 188 Å². The largest absolute Gasteiger partial charge is 0.497 e. The van der Waals surface area contributed by atoms with Crippen molar-refractivity contribution in [1.29, 1.82) is 0 Å². The number of furan rings is 1. The molecule has 1 atom stereocenters. The van der Waals surface area contributed by atoms with E-state index in [4.69, 9.17) is 13.9 Å². The number of carbonyl (C=O) groups is 2. The first-order valence-corrected chi connectivity index (χ1v) is 10.8. The Morgan fingerprint density at radius 3 is 2.47 bits per heavy atom. The van der Waals surface area contributed by atoms with Gasteiger partial charge in [-0.1, -0.05) is 26.0 Å². The molecule has 0 bridgehead atoms. The highest BCUT2D eigenvalue weighted by molar-refractivity contribution is 6.04. The Balaban J connectivity index is 1.66. The monoisotopic (exact) mass is 435 g/mol. The zero-order valence-corrected chi connectivity index (χ0v) is 19.2. The molecule has 168 valence electrons. The van der Waals surface area contributed by atoms with Crippen LogP contribution in [-0.4, -0.2) is 18.9 Å². The maximum Gasteiger partial charge on any atom is 0.337 e. The van der Waals surface area contributed by atoms with Gasteiger partial charge in [-0.2, -0.15) is 0 Å². The minimum atomic E-state index is -0.577. The van der Waals surface area contributed by atoms with Gasteiger partial charge in [-0.15, -0.1) is 0 Å². The number of dihydropyridines is 1. The van der Waals surface area contributed by atoms with Crippen molar-refractivity contribution in [3.05, 3.63) is 76.0 Å². The van der Waals surface area contributed by atoms with Crippen molar-refractivity contribution in [3.8, 4) is 5.75 Å². The van der Waals surface area contributed by atoms with Crippen molar-refractivity contribution in [2.24, 2.45) is 5.41 Å². The molecule has 0 radical (unpaired) electrons. The number of hydrogen-bond acceptors (Lipinski definition) is 6. The first-order valence-electron chi connectivity index (χ1n) is 10.8. The molecule has 2 heterocycles. The summed E-state index contributed by atoms with van der Waals surface area (Å²) in [6.45, 7) is 7.99. The van der Waals surface area contributed by atoms with Crippen LogP contribution >= 0.6 is 0 Å². The van der Waals surface area contributed by atoms with E-state index in [1.54, 1.807) is 7.11 Å². The minimum Gasteiger partial charge on any atom is -0.497 e. The lowest BCUT2D eigenvalue weighted by Gasteiger charge is -2.38. The number of aryl methyl sites for hydroxylation is 1. The van der Waals surface area contributed by atoms with Crippen molar-refractivity contribution in [2.45, 2.75) is 53.1 Å². The summed E-state index contributed by atoms with van der Waals surface area (Å²) >= 11 is 0. The Morgan fingerprint density at radius 2 is 1.84 bits per heavy atom. The normalized spacial score (nSPS) is 20.0. The summed E-state index contributed by atoms with van der Waals surface area (Å²) in [6.07, 6.45) is 1.16. The van der Waals surface area contributed by atoms with Crippen molar-refractivity contribution in [2.75, 3.05) is 7.11 Å². The van der Waals surface area contributed by atoms with Crippen LogP contribution in [0.4, 0.5) is 0 Å². The summed E-state index contributed by atoms with van der Waals surface area (Å²) in [4.78, 5) is 26.5. The number of esters is 1. The minimum absolute atomic E-state index is 0.0377. The predicted molar refractivity (Wildman–Crippen MR) is 120 cm³/mol. The van der Waals surface area contributed by atoms with Crippen LogP contribution in [0.3, 0.4) is 0 Å². The highest BCUT2D eigenvalue weighted by Crippen LogP contribution is 2.47. The molecule has 2 aromatic rings. The van der Waals surface area contributed by atoms with Gasteiger partial charge in [0.05, 0.1) is 18.6 Å². The van der Waals surface area contributed by atoms with E-state index in [-0.39, 0.29) is 17.8 Å². The maximum absolute atomic E-state index is 13.3. The van der Waals surface area contributed by atoms with Gasteiger partial charge in [0.1, 0.15) is 23.9 Å². The van der Waals surface area contributed by atoms with Gasteiger partial charge in [0.15, 0.2) is 5.78 Å². The maximum atomic E-state index is 13.3. The fourth-order valence-electron chi connectivity index (χ4n) is 4.55. The number of Topliss-reactive ketones (excluding diaryl/α,β-unsaturated/α-hetero) is 1. The van der Waals surface area contributed by atoms with Crippen LogP contribution in [-0.2, 0) is 20.9 Å². The van der Waals surface area contributed by atoms with E-state index in [9.17, 15) is 9.59 Å². The smallest absolute Gasteiger partial charge is 0.337 e. The molecule has 0 spiro atoms. The quantitative estimate of drug-likeness (QED) is 0.670. The lowest BCUT2D eigenvalue weighted by atomic mass is 9.69. The van der Waals surface area contributed by atoms with Crippen LogP contribution < -0.4 is 10.1 Å². The van der Waals surface area contributed by atoms with Gasteiger partial charge in [0.25, 0.3) is 0 Å². The average Bonchev–Trinajstić information content (AvgIpc) is 3.16. The second-order valence-electron chi connectivity index (χ2n) is 9.30. The van der Waals surface area contributed by atoms with E-state index in [2.05, 4.69) is 19.2 Å². The van der Waals surface area contributed by atoms with Gasteiger partial charge in [-0.3, -0.25) is 4.79 Å². The number of nitrogens with one attached hydrogen (secondary N) is 1. The summed E-state index contributed by atoms with van der Waals surface area (Å²) in [6, 6.07) is 11.0. The first-order chi connectivity index (χ1) is 15.2. The Kier molecular flexibility index (Phi) is 5.71. The molecule has 2 aliphatic rings. The molecule has 0 saturated heterocycles. The van der Waals surface area contributed by atoms with Crippen LogP contribution in [0.25, 0.3) is 0 Å². The lowest BCUT2D eigenvalue weighted by molar-refractivity contribution is -0.140. The molecule has 6 heteroatoms. The molecule has 0 unspecified atom stereocenters. The van der Waals surface area contributed by atoms with Gasteiger partial charge in [0.2, 0.25) is 0 Å². The fraction of sp³-hybridized carbons (Fsp3) is 0.385. The number of methoxy groups -OCH3 is 1. The number of carbonyl (C=O) groups excluding carboxylic acids is 2. The zero-order chi connectivity index (χ0) is 23.0. The molecule has 4 rings (SSSR count). The number of hydrogen-bond donors (Lipinski definition) is 1. The van der Waals surface area contributed by atoms with Gasteiger partial charge in [-0.05, 0) is 55.5 Å². The van der Waals surface area contributed by atoms with E-state index < -0.39 is 11.9 Å². The van der Waals surface area contributed by atoms with E-state index in [1.165, 1.54) is 0 Å². The number of allylic oxidation sites excluding steroid dienone is 3. The van der Waals surface area contributed by atoms with Gasteiger partial charge >= 0.3 is 5.97 Å². The van der Waals surface area contributed by atoms with Crippen LogP contribution in [0, 0.1) is 12.3 Å².